The summed E-state index contributed by atoms with van der Waals surface area (Å²) in [5, 5.41) is 14.1. The molecule has 2 atom stereocenters. The molecule has 0 aliphatic heterocycles. The first-order valence-corrected chi connectivity index (χ1v) is 5.90. The predicted octanol–water partition coefficient (Wildman–Crippen LogP) is 2.14. The van der Waals surface area contributed by atoms with Crippen LogP contribution in [-0.2, 0) is 11.3 Å². The third-order valence-electron chi connectivity index (χ3n) is 2.74. The molecule has 1 heterocycles. The Morgan fingerprint density at radius 1 is 1.50 bits per heavy atom. The molecule has 0 aromatic carbocycles. The van der Waals surface area contributed by atoms with Crippen LogP contribution in [-0.4, -0.2) is 28.1 Å². The molecule has 0 spiro atoms. The number of aromatic nitrogens is 2. The summed E-state index contributed by atoms with van der Waals surface area (Å²) in [5.74, 6) is 0. The zero-order chi connectivity index (χ0) is 12.0. The Hall–Kier alpha value is -0.870. The van der Waals surface area contributed by atoms with Crippen LogP contribution in [0.25, 0.3) is 0 Å². The van der Waals surface area contributed by atoms with Crippen LogP contribution in [0, 0.1) is 0 Å². The summed E-state index contributed by atoms with van der Waals surface area (Å²) < 4.78 is 7.02. The van der Waals surface area contributed by atoms with Crippen molar-refractivity contribution >= 4 is 0 Å². The number of aliphatic hydroxyl groups excluding tert-OH is 1. The van der Waals surface area contributed by atoms with Crippen LogP contribution < -0.4 is 0 Å². The maximum absolute atomic E-state index is 9.94. The SMILES string of the molecule is CCCn1cc(C(O)CCC(C)OC)cn1. The second-order valence-electron chi connectivity index (χ2n) is 4.18. The van der Waals surface area contributed by atoms with E-state index >= 15 is 0 Å². The zero-order valence-corrected chi connectivity index (χ0v) is 10.4. The van der Waals surface area contributed by atoms with Gasteiger partial charge in [-0.2, -0.15) is 5.10 Å². The third-order valence-corrected chi connectivity index (χ3v) is 2.74. The molecule has 0 bridgehead atoms. The van der Waals surface area contributed by atoms with Gasteiger partial charge >= 0.3 is 0 Å². The van der Waals surface area contributed by atoms with Gasteiger partial charge in [0.1, 0.15) is 0 Å². The Balaban J connectivity index is 2.42. The zero-order valence-electron chi connectivity index (χ0n) is 10.4. The number of aryl methyl sites for hydroxylation is 1. The van der Waals surface area contributed by atoms with Crippen molar-refractivity contribution in [3.05, 3.63) is 18.0 Å². The molecule has 16 heavy (non-hydrogen) atoms. The second kappa shape index (κ2) is 6.66. The lowest BCUT2D eigenvalue weighted by molar-refractivity contribution is 0.0851. The van der Waals surface area contributed by atoms with Gasteiger partial charge in [0.25, 0.3) is 0 Å². The van der Waals surface area contributed by atoms with Crippen LogP contribution >= 0.6 is 0 Å². The van der Waals surface area contributed by atoms with Gasteiger partial charge in [-0.25, -0.2) is 0 Å². The Morgan fingerprint density at radius 3 is 2.88 bits per heavy atom. The van der Waals surface area contributed by atoms with E-state index in [1.807, 2.05) is 17.8 Å². The molecule has 0 fully saturated rings. The van der Waals surface area contributed by atoms with Crippen molar-refractivity contribution in [1.82, 2.24) is 9.78 Å². The topological polar surface area (TPSA) is 47.3 Å². The molecule has 1 rings (SSSR count). The molecule has 1 aromatic heterocycles. The predicted molar refractivity (Wildman–Crippen MR) is 63.2 cm³/mol. The first-order chi connectivity index (χ1) is 7.67. The molecule has 0 radical (unpaired) electrons. The lowest BCUT2D eigenvalue weighted by atomic mass is 10.1. The molecule has 2 unspecified atom stereocenters. The van der Waals surface area contributed by atoms with Gasteiger partial charge in [0.2, 0.25) is 0 Å². The van der Waals surface area contributed by atoms with Gasteiger partial charge in [-0.15, -0.1) is 0 Å². The summed E-state index contributed by atoms with van der Waals surface area (Å²) in [5.41, 5.74) is 0.900. The van der Waals surface area contributed by atoms with Crippen molar-refractivity contribution < 1.29 is 9.84 Å². The molecule has 92 valence electrons. The molecule has 1 aromatic rings. The van der Waals surface area contributed by atoms with E-state index in [9.17, 15) is 5.11 Å². The Bertz CT molecular complexity index is 299. The maximum Gasteiger partial charge on any atom is 0.0821 e. The van der Waals surface area contributed by atoms with Gasteiger partial charge in [-0.1, -0.05) is 6.92 Å². The number of hydrogen-bond acceptors (Lipinski definition) is 3. The third kappa shape index (κ3) is 3.94. The highest BCUT2D eigenvalue weighted by atomic mass is 16.5. The van der Waals surface area contributed by atoms with E-state index in [0.717, 1.165) is 24.9 Å². The molecule has 0 aliphatic carbocycles. The minimum Gasteiger partial charge on any atom is -0.388 e. The fourth-order valence-electron chi connectivity index (χ4n) is 1.58. The highest BCUT2D eigenvalue weighted by molar-refractivity contribution is 5.07. The molecule has 0 amide bonds. The minimum absolute atomic E-state index is 0.195. The number of nitrogens with zero attached hydrogens (tertiary/aromatic N) is 2. The normalized spacial score (nSPS) is 15.0. The van der Waals surface area contributed by atoms with Crippen molar-refractivity contribution in [3.63, 3.8) is 0 Å². The average molecular weight is 226 g/mol. The molecule has 0 saturated heterocycles. The Kier molecular flexibility index (Phi) is 5.49. The molecular weight excluding hydrogens is 204 g/mol. The standard InChI is InChI=1S/C12H22N2O2/c1-4-7-14-9-11(8-13-14)12(15)6-5-10(2)16-3/h8-10,12,15H,4-7H2,1-3H3. The van der Waals surface area contributed by atoms with E-state index in [2.05, 4.69) is 12.0 Å². The minimum atomic E-state index is -0.428. The highest BCUT2D eigenvalue weighted by Gasteiger charge is 2.11. The summed E-state index contributed by atoms with van der Waals surface area (Å²) in [7, 11) is 1.69. The van der Waals surface area contributed by atoms with Gasteiger partial charge < -0.3 is 9.84 Å². The Morgan fingerprint density at radius 2 is 2.25 bits per heavy atom. The summed E-state index contributed by atoms with van der Waals surface area (Å²) >= 11 is 0. The van der Waals surface area contributed by atoms with Crippen molar-refractivity contribution in [3.8, 4) is 0 Å². The van der Waals surface area contributed by atoms with Crippen molar-refractivity contribution in [2.45, 2.75) is 51.9 Å². The molecular formula is C12H22N2O2. The molecule has 0 aliphatic rings. The van der Waals surface area contributed by atoms with Crippen molar-refractivity contribution in [2.75, 3.05) is 7.11 Å². The van der Waals surface area contributed by atoms with E-state index in [0.29, 0.717) is 6.42 Å². The van der Waals surface area contributed by atoms with Gasteiger partial charge in [-0.3, -0.25) is 4.68 Å². The van der Waals surface area contributed by atoms with E-state index in [1.165, 1.54) is 0 Å². The van der Waals surface area contributed by atoms with Gasteiger partial charge in [0.05, 0.1) is 18.4 Å². The lowest BCUT2D eigenvalue weighted by Gasteiger charge is -2.12. The smallest absolute Gasteiger partial charge is 0.0821 e. The lowest BCUT2D eigenvalue weighted by Crippen LogP contribution is -2.07. The van der Waals surface area contributed by atoms with E-state index < -0.39 is 6.10 Å². The van der Waals surface area contributed by atoms with Crippen LogP contribution in [0.3, 0.4) is 0 Å². The van der Waals surface area contributed by atoms with Crippen LogP contribution in [0.2, 0.25) is 0 Å². The maximum atomic E-state index is 9.94. The van der Waals surface area contributed by atoms with E-state index in [-0.39, 0.29) is 6.10 Å². The number of rotatable bonds is 7. The highest BCUT2D eigenvalue weighted by Crippen LogP contribution is 2.19. The van der Waals surface area contributed by atoms with Crippen LogP contribution in [0.15, 0.2) is 12.4 Å². The fraction of sp³-hybridized carbons (Fsp3) is 0.750. The van der Waals surface area contributed by atoms with Crippen LogP contribution in [0.5, 0.6) is 0 Å². The van der Waals surface area contributed by atoms with Crippen LogP contribution in [0.1, 0.15) is 44.8 Å². The molecule has 4 nitrogen and oxygen atoms in total. The number of aliphatic hydroxyl groups is 1. The van der Waals surface area contributed by atoms with E-state index in [4.69, 9.17) is 4.74 Å². The monoisotopic (exact) mass is 226 g/mol. The summed E-state index contributed by atoms with van der Waals surface area (Å²) in [6.45, 7) is 5.02. The molecule has 1 N–H and O–H groups in total. The molecule has 0 saturated carbocycles. The number of hydrogen-bond donors (Lipinski definition) is 1. The van der Waals surface area contributed by atoms with E-state index in [1.54, 1.807) is 13.3 Å². The first kappa shape index (κ1) is 13.2. The fourth-order valence-corrected chi connectivity index (χ4v) is 1.58. The van der Waals surface area contributed by atoms with Gasteiger partial charge in [0, 0.05) is 25.4 Å². The number of methoxy groups -OCH3 is 1. The molecule has 4 heteroatoms. The quantitative estimate of drug-likeness (QED) is 0.775. The summed E-state index contributed by atoms with van der Waals surface area (Å²) in [6, 6.07) is 0. The van der Waals surface area contributed by atoms with Crippen molar-refractivity contribution in [2.24, 2.45) is 0 Å². The van der Waals surface area contributed by atoms with Gasteiger partial charge in [0.15, 0.2) is 0 Å². The Labute approximate surface area is 97.2 Å². The summed E-state index contributed by atoms with van der Waals surface area (Å²) in [6.07, 6.45) is 6.06. The first-order valence-electron chi connectivity index (χ1n) is 5.90. The van der Waals surface area contributed by atoms with Crippen molar-refractivity contribution in [1.29, 1.82) is 0 Å². The average Bonchev–Trinajstić information content (AvgIpc) is 2.74. The van der Waals surface area contributed by atoms with Gasteiger partial charge in [-0.05, 0) is 26.2 Å². The largest absolute Gasteiger partial charge is 0.388 e. The second-order valence-corrected chi connectivity index (χ2v) is 4.18. The van der Waals surface area contributed by atoms with Crippen LogP contribution in [0.4, 0.5) is 0 Å². The summed E-state index contributed by atoms with van der Waals surface area (Å²) in [4.78, 5) is 0. The number of ether oxygens (including phenoxy) is 1.